The van der Waals surface area contributed by atoms with Crippen molar-refractivity contribution in [3.8, 4) is 5.75 Å². The first-order valence-corrected chi connectivity index (χ1v) is 13.9. The zero-order valence-electron chi connectivity index (χ0n) is 23.3. The van der Waals surface area contributed by atoms with Crippen molar-refractivity contribution >= 4 is 25.2 Å². The summed E-state index contributed by atoms with van der Waals surface area (Å²) in [5, 5.41) is 10.7. The zero-order valence-corrected chi connectivity index (χ0v) is 28.2. The van der Waals surface area contributed by atoms with Crippen LogP contribution in [0.1, 0.15) is 101 Å². The third-order valence-corrected chi connectivity index (χ3v) is 5.89. The Labute approximate surface area is 269 Å². The summed E-state index contributed by atoms with van der Waals surface area (Å²) in [5.41, 5.74) is -2.37. The Hall–Kier alpha value is -0.260. The monoisotopic (exact) mass is 574 g/mol. The van der Waals surface area contributed by atoms with Crippen LogP contribution >= 0.6 is 7.60 Å². The molecule has 0 aliphatic rings. The Kier molecular flexibility index (Phi) is 21.6. The molecule has 13 heteroatoms. The van der Waals surface area contributed by atoms with E-state index in [0.29, 0.717) is 6.42 Å². The van der Waals surface area contributed by atoms with Crippen molar-refractivity contribution in [2.45, 2.75) is 97.2 Å². The van der Waals surface area contributed by atoms with Gasteiger partial charge >= 0.3 is 76.8 Å². The molecule has 0 saturated carbocycles. The number of ether oxygens (including phenoxy) is 3. The summed E-state index contributed by atoms with van der Waals surface area (Å²) in [7, 11) is -5.72. The minimum absolute atomic E-state index is 0. The van der Waals surface area contributed by atoms with Gasteiger partial charge in [0.2, 0.25) is 5.79 Å². The SMILES string of the molecule is CCCCCCCCCCCC(=O)OC(C)(O)Cc1cccc(OC(=O)P(=O)([O-])[O-])c1C(=O)OCC.[Na+].[Na+]. The molecule has 10 nitrogen and oxygen atoms in total. The summed E-state index contributed by atoms with van der Waals surface area (Å²) in [6.07, 6.45) is 9.47. The van der Waals surface area contributed by atoms with Crippen LogP contribution in [0.4, 0.5) is 4.79 Å². The van der Waals surface area contributed by atoms with Gasteiger partial charge in [0.1, 0.15) is 11.3 Å². The van der Waals surface area contributed by atoms with Gasteiger partial charge in [0.05, 0.1) is 6.61 Å². The van der Waals surface area contributed by atoms with E-state index in [1.807, 2.05) is 0 Å². The van der Waals surface area contributed by atoms with Crippen molar-refractivity contribution in [1.82, 2.24) is 0 Å². The van der Waals surface area contributed by atoms with Gasteiger partial charge in [-0.3, -0.25) is 4.79 Å². The van der Waals surface area contributed by atoms with Crippen molar-refractivity contribution in [3.05, 3.63) is 29.3 Å². The summed E-state index contributed by atoms with van der Waals surface area (Å²) < 4.78 is 25.7. The molecule has 0 heterocycles. The molecule has 0 bridgehead atoms. The Morgan fingerprint density at radius 1 is 0.947 bits per heavy atom. The normalized spacial score (nSPS) is 12.4. The summed E-state index contributed by atoms with van der Waals surface area (Å²) in [4.78, 5) is 58.2. The molecule has 0 aliphatic carbocycles. The van der Waals surface area contributed by atoms with E-state index in [1.54, 1.807) is 0 Å². The molecule has 0 spiro atoms. The first kappa shape index (κ1) is 39.9. The number of aliphatic hydroxyl groups is 1. The van der Waals surface area contributed by atoms with Crippen LogP contribution in [0.3, 0.4) is 0 Å². The van der Waals surface area contributed by atoms with E-state index in [4.69, 9.17) is 9.47 Å². The minimum atomic E-state index is -5.72. The van der Waals surface area contributed by atoms with E-state index in [1.165, 1.54) is 58.1 Å². The molecular weight excluding hydrogens is 537 g/mol. The fourth-order valence-electron chi connectivity index (χ4n) is 3.66. The summed E-state index contributed by atoms with van der Waals surface area (Å²) in [6.45, 7) is 4.89. The number of rotatable bonds is 17. The van der Waals surface area contributed by atoms with Gasteiger partial charge in [-0.1, -0.05) is 70.4 Å². The molecule has 38 heavy (non-hydrogen) atoms. The molecule has 0 saturated heterocycles. The summed E-state index contributed by atoms with van der Waals surface area (Å²) in [5.74, 6) is -4.13. The van der Waals surface area contributed by atoms with Crippen LogP contribution in [0.25, 0.3) is 0 Å². The van der Waals surface area contributed by atoms with Crippen LogP contribution in [-0.4, -0.2) is 35.1 Å². The quantitative estimate of drug-likeness (QED) is 0.0724. The van der Waals surface area contributed by atoms with Gasteiger partial charge in [0.25, 0.3) is 0 Å². The number of hydrogen-bond acceptors (Lipinski definition) is 10. The Morgan fingerprint density at radius 2 is 1.50 bits per heavy atom. The Balaban J connectivity index is 0. The molecule has 1 rings (SSSR count). The fourth-order valence-corrected chi connectivity index (χ4v) is 3.87. The van der Waals surface area contributed by atoms with E-state index in [0.717, 1.165) is 25.3 Å². The van der Waals surface area contributed by atoms with Crippen molar-refractivity contribution in [3.63, 3.8) is 0 Å². The predicted molar refractivity (Wildman–Crippen MR) is 128 cm³/mol. The average molecular weight is 575 g/mol. The van der Waals surface area contributed by atoms with Gasteiger partial charge in [-0.15, -0.1) is 0 Å². The molecule has 0 aromatic heterocycles. The topological polar surface area (TPSA) is 162 Å². The summed E-state index contributed by atoms with van der Waals surface area (Å²) in [6, 6.07) is 3.82. The first-order valence-electron chi connectivity index (χ1n) is 12.4. The molecule has 204 valence electrons. The molecule has 0 fully saturated rings. The van der Waals surface area contributed by atoms with Crippen LogP contribution in [0.15, 0.2) is 18.2 Å². The van der Waals surface area contributed by atoms with Crippen molar-refractivity contribution in [2.75, 3.05) is 6.61 Å². The first-order chi connectivity index (χ1) is 16.9. The number of benzene rings is 1. The number of carbonyl (C=O) groups is 3. The smallest absolute Gasteiger partial charge is 0.803 e. The molecule has 1 unspecified atom stereocenters. The van der Waals surface area contributed by atoms with Crippen molar-refractivity contribution in [1.29, 1.82) is 0 Å². The maximum atomic E-state index is 12.5. The van der Waals surface area contributed by atoms with E-state index in [9.17, 15) is 33.8 Å². The van der Waals surface area contributed by atoms with Crippen LogP contribution in [0.5, 0.6) is 5.75 Å². The average Bonchev–Trinajstić information content (AvgIpc) is 2.77. The number of carbonyl (C=O) groups excluding carboxylic acids is 3. The standard InChI is InChI=1S/C25H39O10P.2Na/c1-4-6-7-8-9-10-11-12-13-17-21(26)35-25(3,29)18-19-15-14-16-20(22(19)23(27)33-5-2)34-24(28)36(30,31)32;;/h14-16,29H,4-13,17-18H2,1-3H3,(H2,30,31,32);;/q;2*+1/p-2. The third kappa shape index (κ3) is 16.1. The summed E-state index contributed by atoms with van der Waals surface area (Å²) >= 11 is 0. The second-order valence-corrected chi connectivity index (χ2v) is 10.1. The number of esters is 2. The van der Waals surface area contributed by atoms with Gasteiger partial charge in [-0.25, -0.2) is 9.59 Å². The van der Waals surface area contributed by atoms with Gasteiger partial charge in [0, 0.05) is 27.4 Å². The molecule has 1 atom stereocenters. The number of hydrogen-bond donors (Lipinski definition) is 1. The third-order valence-electron chi connectivity index (χ3n) is 5.35. The van der Waals surface area contributed by atoms with Crippen LogP contribution in [0, 0.1) is 0 Å². The molecule has 1 aromatic rings. The van der Waals surface area contributed by atoms with Crippen LogP contribution < -0.4 is 73.6 Å². The zero-order chi connectivity index (χ0) is 27.2. The maximum absolute atomic E-state index is 12.5. The van der Waals surface area contributed by atoms with Crippen LogP contribution in [0.2, 0.25) is 0 Å². The van der Waals surface area contributed by atoms with Gasteiger partial charge < -0.3 is 33.7 Å². The van der Waals surface area contributed by atoms with E-state index >= 15 is 0 Å². The fraction of sp³-hybridized carbons (Fsp3) is 0.640. The van der Waals surface area contributed by atoms with Crippen molar-refractivity contribution < 1.29 is 107 Å². The van der Waals surface area contributed by atoms with Crippen LogP contribution in [-0.2, 0) is 25.3 Å². The second kappa shape index (κ2) is 20.6. The maximum Gasteiger partial charge on any atom is 1.00 e. The molecule has 0 radical (unpaired) electrons. The van der Waals surface area contributed by atoms with Crippen molar-refractivity contribution in [2.24, 2.45) is 0 Å². The van der Waals surface area contributed by atoms with E-state index < -0.39 is 36.8 Å². The van der Waals surface area contributed by atoms with Gasteiger partial charge in [-0.05, 0) is 25.0 Å². The molecule has 0 aliphatic heterocycles. The predicted octanol–water partition coefficient (Wildman–Crippen LogP) is -2.00. The molecular formula is C25H37Na2O10P. The largest absolute Gasteiger partial charge is 1.00 e. The number of unbranched alkanes of at least 4 members (excludes halogenated alkanes) is 8. The van der Waals surface area contributed by atoms with E-state index in [-0.39, 0.29) is 89.7 Å². The van der Waals surface area contributed by atoms with Gasteiger partial charge in [0.15, 0.2) is 0 Å². The second-order valence-electron chi connectivity index (χ2n) is 8.78. The Bertz CT molecular complexity index is 917. The van der Waals surface area contributed by atoms with Gasteiger partial charge in [-0.2, -0.15) is 0 Å². The Morgan fingerprint density at radius 3 is 2.03 bits per heavy atom. The molecule has 1 aromatic carbocycles. The van der Waals surface area contributed by atoms with E-state index in [2.05, 4.69) is 11.7 Å². The molecule has 0 amide bonds. The minimum Gasteiger partial charge on any atom is -0.803 e. The molecule has 1 N–H and O–H groups in total.